The van der Waals surface area contributed by atoms with E-state index in [0.29, 0.717) is 5.41 Å². The van der Waals surface area contributed by atoms with E-state index in [1.165, 1.54) is 5.57 Å². The van der Waals surface area contributed by atoms with E-state index in [1.807, 2.05) is 0 Å². The molecule has 0 aliphatic rings. The summed E-state index contributed by atoms with van der Waals surface area (Å²) in [4.78, 5) is 0. The van der Waals surface area contributed by atoms with Crippen molar-refractivity contribution in [1.82, 2.24) is 0 Å². The van der Waals surface area contributed by atoms with Gasteiger partial charge in [0.2, 0.25) is 0 Å². The van der Waals surface area contributed by atoms with E-state index in [-0.39, 0.29) is 6.61 Å². The highest BCUT2D eigenvalue weighted by molar-refractivity contribution is 4.94. The van der Waals surface area contributed by atoms with E-state index in [4.69, 9.17) is 5.11 Å². The van der Waals surface area contributed by atoms with Crippen LogP contribution in [0.15, 0.2) is 12.2 Å². The van der Waals surface area contributed by atoms with Crippen molar-refractivity contribution < 1.29 is 5.11 Å². The molecule has 0 rings (SSSR count). The molecular formula is C10H20O. The van der Waals surface area contributed by atoms with Gasteiger partial charge in [-0.2, -0.15) is 0 Å². The molecule has 1 heteroatoms. The van der Waals surface area contributed by atoms with Crippen LogP contribution in [-0.4, -0.2) is 11.7 Å². The molecule has 0 heterocycles. The van der Waals surface area contributed by atoms with Crippen molar-refractivity contribution in [2.45, 2.75) is 40.0 Å². The summed E-state index contributed by atoms with van der Waals surface area (Å²) in [5.41, 5.74) is 1.56. The molecule has 0 bridgehead atoms. The van der Waals surface area contributed by atoms with Gasteiger partial charge < -0.3 is 5.11 Å². The van der Waals surface area contributed by atoms with Crippen LogP contribution >= 0.6 is 0 Å². The fourth-order valence-corrected chi connectivity index (χ4v) is 0.835. The van der Waals surface area contributed by atoms with Gasteiger partial charge in [0.25, 0.3) is 0 Å². The summed E-state index contributed by atoms with van der Waals surface area (Å²) in [6.45, 7) is 10.8. The maximum atomic E-state index is 8.61. The van der Waals surface area contributed by atoms with Gasteiger partial charge in [-0.15, -0.1) is 0 Å². The lowest BCUT2D eigenvalue weighted by atomic mass is 9.88. The van der Waals surface area contributed by atoms with E-state index >= 15 is 0 Å². The van der Waals surface area contributed by atoms with Crippen molar-refractivity contribution in [2.24, 2.45) is 5.41 Å². The van der Waals surface area contributed by atoms with Crippen LogP contribution in [0.3, 0.4) is 0 Å². The second kappa shape index (κ2) is 4.55. The molecule has 1 N–H and O–H groups in total. The molecule has 0 saturated heterocycles. The first kappa shape index (κ1) is 10.7. The summed E-state index contributed by atoms with van der Waals surface area (Å²) in [5.74, 6) is 0. The SMILES string of the molecule is C=C(CCO)CCC(C)(C)C. The van der Waals surface area contributed by atoms with E-state index in [9.17, 15) is 0 Å². The first-order valence-corrected chi connectivity index (χ1v) is 4.23. The third-order valence-electron chi connectivity index (χ3n) is 1.69. The van der Waals surface area contributed by atoms with Crippen LogP contribution in [-0.2, 0) is 0 Å². The third-order valence-corrected chi connectivity index (χ3v) is 1.69. The summed E-state index contributed by atoms with van der Waals surface area (Å²) in [6, 6.07) is 0. The number of hydrogen-bond acceptors (Lipinski definition) is 1. The van der Waals surface area contributed by atoms with Crippen LogP contribution in [0, 0.1) is 5.41 Å². The molecule has 0 aromatic carbocycles. The molecule has 0 aromatic heterocycles. The lowest BCUT2D eigenvalue weighted by Gasteiger charge is -2.18. The Bertz CT molecular complexity index is 119. The molecule has 0 radical (unpaired) electrons. The van der Waals surface area contributed by atoms with Crippen molar-refractivity contribution in [2.75, 3.05) is 6.61 Å². The molecule has 0 aromatic rings. The Balaban J connectivity index is 3.46. The largest absolute Gasteiger partial charge is 0.396 e. The van der Waals surface area contributed by atoms with Crippen molar-refractivity contribution in [3.63, 3.8) is 0 Å². The van der Waals surface area contributed by atoms with Gasteiger partial charge in [0.05, 0.1) is 0 Å². The number of aliphatic hydroxyl groups excluding tert-OH is 1. The molecule has 0 fully saturated rings. The molecule has 0 saturated carbocycles. The van der Waals surface area contributed by atoms with Gasteiger partial charge in [-0.1, -0.05) is 32.9 Å². The van der Waals surface area contributed by atoms with Gasteiger partial charge in [-0.25, -0.2) is 0 Å². The predicted octanol–water partition coefficient (Wildman–Crippen LogP) is 2.75. The Morgan fingerprint density at radius 1 is 1.27 bits per heavy atom. The van der Waals surface area contributed by atoms with Crippen LogP contribution < -0.4 is 0 Å². The summed E-state index contributed by atoms with van der Waals surface area (Å²) in [5, 5.41) is 8.61. The molecule has 0 aliphatic carbocycles. The standard InChI is InChI=1S/C10H20O/c1-9(6-8-11)5-7-10(2,3)4/h11H,1,5-8H2,2-4H3. The van der Waals surface area contributed by atoms with Crippen LogP contribution in [0.5, 0.6) is 0 Å². The minimum atomic E-state index is 0.239. The van der Waals surface area contributed by atoms with Gasteiger partial charge in [0, 0.05) is 6.61 Å². The van der Waals surface area contributed by atoms with E-state index in [0.717, 1.165) is 19.3 Å². The summed E-state index contributed by atoms with van der Waals surface area (Å²) in [7, 11) is 0. The highest BCUT2D eigenvalue weighted by Crippen LogP contribution is 2.23. The van der Waals surface area contributed by atoms with Gasteiger partial charge >= 0.3 is 0 Å². The van der Waals surface area contributed by atoms with Gasteiger partial charge in [-0.3, -0.25) is 0 Å². The predicted molar refractivity (Wildman–Crippen MR) is 49.5 cm³/mol. The molecule has 11 heavy (non-hydrogen) atoms. The Hall–Kier alpha value is -0.300. The van der Waals surface area contributed by atoms with Crippen LogP contribution in [0.4, 0.5) is 0 Å². The smallest absolute Gasteiger partial charge is 0.0468 e. The fourth-order valence-electron chi connectivity index (χ4n) is 0.835. The number of aliphatic hydroxyl groups is 1. The molecule has 0 aliphatic heterocycles. The van der Waals surface area contributed by atoms with Gasteiger partial charge in [0.1, 0.15) is 0 Å². The fraction of sp³-hybridized carbons (Fsp3) is 0.800. The topological polar surface area (TPSA) is 20.2 Å². The Morgan fingerprint density at radius 3 is 2.18 bits per heavy atom. The molecule has 0 spiro atoms. The average Bonchev–Trinajstić information content (AvgIpc) is 1.83. The number of rotatable bonds is 4. The molecule has 0 amide bonds. The van der Waals surface area contributed by atoms with Crippen molar-refractivity contribution in [1.29, 1.82) is 0 Å². The monoisotopic (exact) mass is 156 g/mol. The summed E-state index contributed by atoms with van der Waals surface area (Å²) >= 11 is 0. The molecule has 1 nitrogen and oxygen atoms in total. The van der Waals surface area contributed by atoms with E-state index in [2.05, 4.69) is 27.4 Å². The maximum Gasteiger partial charge on any atom is 0.0468 e. The lowest BCUT2D eigenvalue weighted by molar-refractivity contribution is 0.294. The minimum absolute atomic E-state index is 0.239. The first-order valence-electron chi connectivity index (χ1n) is 4.23. The highest BCUT2D eigenvalue weighted by Gasteiger charge is 2.09. The zero-order chi connectivity index (χ0) is 8.91. The molecular weight excluding hydrogens is 136 g/mol. The molecule has 66 valence electrons. The lowest BCUT2D eigenvalue weighted by Crippen LogP contribution is -2.05. The van der Waals surface area contributed by atoms with Crippen LogP contribution in [0.25, 0.3) is 0 Å². The zero-order valence-corrected chi connectivity index (χ0v) is 7.98. The Labute approximate surface area is 70.1 Å². The van der Waals surface area contributed by atoms with E-state index in [1.54, 1.807) is 0 Å². The van der Waals surface area contributed by atoms with Crippen molar-refractivity contribution in [3.8, 4) is 0 Å². The average molecular weight is 156 g/mol. The number of hydrogen-bond donors (Lipinski definition) is 1. The maximum absolute atomic E-state index is 8.61. The second-order valence-electron chi connectivity index (χ2n) is 4.28. The van der Waals surface area contributed by atoms with Crippen LogP contribution in [0.1, 0.15) is 40.0 Å². The van der Waals surface area contributed by atoms with Gasteiger partial charge in [0.15, 0.2) is 0 Å². The zero-order valence-electron chi connectivity index (χ0n) is 7.98. The van der Waals surface area contributed by atoms with E-state index < -0.39 is 0 Å². The summed E-state index contributed by atoms with van der Waals surface area (Å²) < 4.78 is 0. The highest BCUT2D eigenvalue weighted by atomic mass is 16.2. The summed E-state index contributed by atoms with van der Waals surface area (Å²) in [6.07, 6.45) is 2.96. The van der Waals surface area contributed by atoms with Crippen molar-refractivity contribution >= 4 is 0 Å². The normalized spacial score (nSPS) is 11.6. The quantitative estimate of drug-likeness (QED) is 0.620. The van der Waals surface area contributed by atoms with Gasteiger partial charge in [-0.05, 0) is 24.7 Å². The van der Waals surface area contributed by atoms with Crippen molar-refractivity contribution in [3.05, 3.63) is 12.2 Å². The Kier molecular flexibility index (Phi) is 4.43. The molecule has 0 unspecified atom stereocenters. The Morgan fingerprint density at radius 2 is 1.82 bits per heavy atom. The molecule has 0 atom stereocenters. The first-order chi connectivity index (χ1) is 4.95. The third kappa shape index (κ3) is 7.60. The second-order valence-corrected chi connectivity index (χ2v) is 4.28. The minimum Gasteiger partial charge on any atom is -0.396 e. The van der Waals surface area contributed by atoms with Crippen LogP contribution in [0.2, 0.25) is 0 Å².